The molecule has 0 bridgehead atoms. The lowest BCUT2D eigenvalue weighted by Crippen LogP contribution is -2.17. The summed E-state index contributed by atoms with van der Waals surface area (Å²) < 4.78 is 10.9. The Kier molecular flexibility index (Phi) is 2.65. The molecule has 0 radical (unpaired) electrons. The van der Waals surface area contributed by atoms with Crippen LogP contribution in [0.1, 0.15) is 25.3 Å². The first-order valence-corrected chi connectivity index (χ1v) is 5.30. The van der Waals surface area contributed by atoms with Crippen LogP contribution in [-0.2, 0) is 0 Å². The number of hydrogen-bond donors (Lipinski definition) is 1. The van der Waals surface area contributed by atoms with Gasteiger partial charge >= 0.3 is 0 Å². The molecule has 1 aromatic rings. The summed E-state index contributed by atoms with van der Waals surface area (Å²) in [5, 5.41) is 10.2. The monoisotopic (exact) mass is 228 g/mol. The minimum Gasteiger partial charge on any atom is -0.506 e. The first kappa shape index (κ1) is 10.4. The van der Waals surface area contributed by atoms with Crippen molar-refractivity contribution in [1.29, 1.82) is 0 Å². The number of fused-ring (bicyclic) bond motifs is 1. The highest BCUT2D eigenvalue weighted by atomic mass is 35.5. The summed E-state index contributed by atoms with van der Waals surface area (Å²) in [5.41, 5.74) is 0.720. The third-order valence-electron chi connectivity index (χ3n) is 2.37. The molecule has 1 aliphatic rings. The van der Waals surface area contributed by atoms with Crippen molar-refractivity contribution in [2.45, 2.75) is 19.8 Å². The molecule has 0 atom stereocenters. The predicted octanol–water partition coefficient (Wildman–Crippen LogP) is 2.94. The zero-order valence-corrected chi connectivity index (χ0v) is 9.47. The van der Waals surface area contributed by atoms with E-state index in [-0.39, 0.29) is 11.7 Å². The Morgan fingerprint density at radius 2 is 2.00 bits per heavy atom. The van der Waals surface area contributed by atoms with Gasteiger partial charge in [-0.15, -0.1) is 0 Å². The number of rotatable bonds is 1. The summed E-state index contributed by atoms with van der Waals surface area (Å²) in [7, 11) is 0. The van der Waals surface area contributed by atoms with Crippen LogP contribution < -0.4 is 9.47 Å². The van der Waals surface area contributed by atoms with Gasteiger partial charge < -0.3 is 14.6 Å². The largest absolute Gasteiger partial charge is 0.506 e. The van der Waals surface area contributed by atoms with Crippen LogP contribution in [0.5, 0.6) is 17.2 Å². The standard InChI is InChI=1S/C11H13ClO3/c1-6(2)9-10(13)7(12)5-8-11(9)15-4-3-14-8/h5-6,13H,3-4H2,1-2H3. The molecule has 0 amide bonds. The Morgan fingerprint density at radius 3 is 2.67 bits per heavy atom. The van der Waals surface area contributed by atoms with Crippen LogP contribution >= 0.6 is 11.6 Å². The highest BCUT2D eigenvalue weighted by Gasteiger charge is 2.23. The van der Waals surface area contributed by atoms with E-state index in [0.717, 1.165) is 5.56 Å². The van der Waals surface area contributed by atoms with Crippen LogP contribution in [0.15, 0.2) is 6.07 Å². The quantitative estimate of drug-likeness (QED) is 0.803. The molecular formula is C11H13ClO3. The average molecular weight is 229 g/mol. The van der Waals surface area contributed by atoms with E-state index in [9.17, 15) is 5.11 Å². The van der Waals surface area contributed by atoms with Gasteiger partial charge in [0.05, 0.1) is 5.02 Å². The molecule has 0 saturated heterocycles. The Hall–Kier alpha value is -1.09. The molecule has 0 aliphatic carbocycles. The van der Waals surface area contributed by atoms with Gasteiger partial charge in [0, 0.05) is 11.6 Å². The number of benzene rings is 1. The second kappa shape index (κ2) is 3.81. The summed E-state index contributed by atoms with van der Waals surface area (Å²) in [6.45, 7) is 4.98. The second-order valence-electron chi connectivity index (χ2n) is 3.80. The number of phenols is 1. The van der Waals surface area contributed by atoms with Crippen molar-refractivity contribution >= 4 is 11.6 Å². The number of ether oxygens (including phenoxy) is 2. The molecular weight excluding hydrogens is 216 g/mol. The third-order valence-corrected chi connectivity index (χ3v) is 2.66. The van der Waals surface area contributed by atoms with Crippen molar-refractivity contribution in [3.8, 4) is 17.2 Å². The molecule has 0 aromatic heterocycles. The average Bonchev–Trinajstić information content (AvgIpc) is 2.19. The molecule has 3 nitrogen and oxygen atoms in total. The maximum absolute atomic E-state index is 9.86. The lowest BCUT2D eigenvalue weighted by Gasteiger charge is -2.23. The molecule has 82 valence electrons. The number of aromatic hydroxyl groups is 1. The van der Waals surface area contributed by atoms with Gasteiger partial charge in [0.2, 0.25) is 0 Å². The van der Waals surface area contributed by atoms with Crippen molar-refractivity contribution in [2.24, 2.45) is 0 Å². The van der Waals surface area contributed by atoms with E-state index < -0.39 is 0 Å². The van der Waals surface area contributed by atoms with Crippen LogP contribution in [0.25, 0.3) is 0 Å². The maximum Gasteiger partial charge on any atom is 0.168 e. The van der Waals surface area contributed by atoms with Crippen molar-refractivity contribution in [3.05, 3.63) is 16.7 Å². The molecule has 2 rings (SSSR count). The summed E-state index contributed by atoms with van der Waals surface area (Å²) in [6, 6.07) is 1.59. The van der Waals surface area contributed by atoms with Gasteiger partial charge in [0.15, 0.2) is 11.5 Å². The highest BCUT2D eigenvalue weighted by molar-refractivity contribution is 6.32. The second-order valence-corrected chi connectivity index (χ2v) is 4.21. The maximum atomic E-state index is 9.86. The molecule has 15 heavy (non-hydrogen) atoms. The first-order valence-electron chi connectivity index (χ1n) is 4.92. The Bertz CT molecular complexity index is 388. The van der Waals surface area contributed by atoms with E-state index in [1.165, 1.54) is 0 Å². The van der Waals surface area contributed by atoms with Crippen LogP contribution in [0.4, 0.5) is 0 Å². The lowest BCUT2D eigenvalue weighted by molar-refractivity contribution is 0.168. The fourth-order valence-corrected chi connectivity index (χ4v) is 1.91. The summed E-state index contributed by atoms with van der Waals surface area (Å²) in [6.07, 6.45) is 0. The van der Waals surface area contributed by atoms with Gasteiger partial charge in [0.1, 0.15) is 19.0 Å². The lowest BCUT2D eigenvalue weighted by atomic mass is 10.00. The first-order chi connectivity index (χ1) is 7.11. The Balaban J connectivity index is 2.63. The van der Waals surface area contributed by atoms with Crippen molar-refractivity contribution in [3.63, 3.8) is 0 Å². The van der Waals surface area contributed by atoms with E-state index in [2.05, 4.69) is 0 Å². The molecule has 0 spiro atoms. The molecule has 0 saturated carbocycles. The molecule has 1 heterocycles. The van der Waals surface area contributed by atoms with Gasteiger partial charge in [-0.2, -0.15) is 0 Å². The SMILES string of the molecule is CC(C)c1c(O)c(Cl)cc2c1OCCO2. The smallest absolute Gasteiger partial charge is 0.168 e. The molecule has 0 unspecified atom stereocenters. The topological polar surface area (TPSA) is 38.7 Å². The number of phenolic OH excluding ortho intramolecular Hbond substituents is 1. The van der Waals surface area contributed by atoms with E-state index >= 15 is 0 Å². The fraction of sp³-hybridized carbons (Fsp3) is 0.455. The van der Waals surface area contributed by atoms with E-state index in [0.29, 0.717) is 29.7 Å². The summed E-state index contributed by atoms with van der Waals surface area (Å²) in [4.78, 5) is 0. The fourth-order valence-electron chi connectivity index (χ4n) is 1.70. The molecule has 0 fully saturated rings. The van der Waals surface area contributed by atoms with Crippen LogP contribution in [0.3, 0.4) is 0 Å². The molecule has 4 heteroatoms. The molecule has 1 aromatic carbocycles. The van der Waals surface area contributed by atoms with Gasteiger partial charge in [-0.1, -0.05) is 25.4 Å². The minimum absolute atomic E-state index is 0.0934. The summed E-state index contributed by atoms with van der Waals surface area (Å²) >= 11 is 5.91. The van der Waals surface area contributed by atoms with Crippen LogP contribution in [0, 0.1) is 0 Å². The Morgan fingerprint density at radius 1 is 1.33 bits per heavy atom. The van der Waals surface area contributed by atoms with E-state index in [1.54, 1.807) is 6.07 Å². The number of hydrogen-bond acceptors (Lipinski definition) is 3. The van der Waals surface area contributed by atoms with Gasteiger partial charge in [-0.25, -0.2) is 0 Å². The van der Waals surface area contributed by atoms with Gasteiger partial charge in [-0.3, -0.25) is 0 Å². The number of halogens is 1. The molecule has 1 aliphatic heterocycles. The normalized spacial score (nSPS) is 14.4. The van der Waals surface area contributed by atoms with Crippen molar-refractivity contribution in [1.82, 2.24) is 0 Å². The van der Waals surface area contributed by atoms with Crippen molar-refractivity contribution in [2.75, 3.05) is 13.2 Å². The highest BCUT2D eigenvalue weighted by Crippen LogP contribution is 2.46. The van der Waals surface area contributed by atoms with E-state index in [4.69, 9.17) is 21.1 Å². The van der Waals surface area contributed by atoms with Gasteiger partial charge in [0.25, 0.3) is 0 Å². The predicted molar refractivity (Wildman–Crippen MR) is 58.2 cm³/mol. The van der Waals surface area contributed by atoms with Crippen LogP contribution in [0.2, 0.25) is 5.02 Å². The summed E-state index contributed by atoms with van der Waals surface area (Å²) in [5.74, 6) is 1.47. The molecule has 1 N–H and O–H groups in total. The zero-order chi connectivity index (χ0) is 11.0. The van der Waals surface area contributed by atoms with E-state index in [1.807, 2.05) is 13.8 Å². The third kappa shape index (κ3) is 1.72. The Labute approximate surface area is 93.6 Å². The minimum atomic E-state index is 0.0934. The van der Waals surface area contributed by atoms with Gasteiger partial charge in [-0.05, 0) is 5.92 Å². The zero-order valence-electron chi connectivity index (χ0n) is 8.71. The van der Waals surface area contributed by atoms with Crippen molar-refractivity contribution < 1.29 is 14.6 Å². The van der Waals surface area contributed by atoms with Crippen LogP contribution in [-0.4, -0.2) is 18.3 Å².